The van der Waals surface area contributed by atoms with Crippen molar-refractivity contribution in [2.75, 3.05) is 6.26 Å². The molecule has 0 bridgehead atoms. The minimum absolute atomic E-state index is 0.715. The third-order valence-corrected chi connectivity index (χ3v) is 2.18. The van der Waals surface area contributed by atoms with E-state index < -0.39 is 0 Å². The number of nitrogens with zero attached hydrogens (tertiary/aromatic N) is 4. The maximum absolute atomic E-state index is 4.27. The summed E-state index contributed by atoms with van der Waals surface area (Å²) in [6.45, 7) is 1.87. The summed E-state index contributed by atoms with van der Waals surface area (Å²) in [5.41, 5.74) is 0. The van der Waals surface area contributed by atoms with Gasteiger partial charge < -0.3 is 0 Å². The molecule has 0 aliphatic rings. The van der Waals surface area contributed by atoms with E-state index in [4.69, 9.17) is 0 Å². The lowest BCUT2D eigenvalue weighted by atomic mass is 10.7. The highest BCUT2D eigenvalue weighted by molar-refractivity contribution is 7.98. The predicted octanol–water partition coefficient (Wildman–Crippen LogP) is 1.15. The average Bonchev–Trinajstić information content (AvgIpc) is 2.50. The molecule has 62 valence electrons. The zero-order chi connectivity index (χ0) is 8.55. The summed E-state index contributed by atoms with van der Waals surface area (Å²) in [6.07, 6.45) is 5.57. The van der Waals surface area contributed by atoms with Crippen molar-refractivity contribution in [3.05, 3.63) is 18.2 Å². The molecule has 0 spiro atoms. The molecule has 0 unspecified atom stereocenters. The van der Waals surface area contributed by atoms with Gasteiger partial charge in [0.05, 0.1) is 0 Å². The highest BCUT2D eigenvalue weighted by Gasteiger charge is 2.02. The van der Waals surface area contributed by atoms with Crippen LogP contribution in [0.4, 0.5) is 0 Å². The van der Waals surface area contributed by atoms with E-state index in [0.717, 1.165) is 11.0 Å². The summed E-state index contributed by atoms with van der Waals surface area (Å²) in [5, 5.41) is 0.926. The quantitative estimate of drug-likeness (QED) is 0.617. The zero-order valence-corrected chi connectivity index (χ0v) is 7.67. The Bertz CT molecular complexity index is 409. The number of aromatic nitrogens is 4. The van der Waals surface area contributed by atoms with Crippen LogP contribution >= 0.6 is 11.8 Å². The molecule has 2 aromatic heterocycles. The van der Waals surface area contributed by atoms with E-state index in [1.807, 2.05) is 23.8 Å². The lowest BCUT2D eigenvalue weighted by molar-refractivity contribution is 0.829. The first kappa shape index (κ1) is 7.54. The van der Waals surface area contributed by atoms with Gasteiger partial charge in [0.25, 0.3) is 0 Å². The highest BCUT2D eigenvalue weighted by atomic mass is 32.2. The molecule has 0 aromatic carbocycles. The van der Waals surface area contributed by atoms with E-state index in [1.165, 1.54) is 0 Å². The fourth-order valence-electron chi connectivity index (χ4n) is 1.03. The molecule has 2 heterocycles. The van der Waals surface area contributed by atoms with Gasteiger partial charge in [0.1, 0.15) is 5.82 Å². The highest BCUT2D eigenvalue weighted by Crippen LogP contribution is 2.12. The molecule has 12 heavy (non-hydrogen) atoms. The van der Waals surface area contributed by atoms with Crippen molar-refractivity contribution in [1.82, 2.24) is 19.4 Å². The number of thioether (sulfide) groups is 1. The molecule has 0 saturated heterocycles. The Kier molecular flexibility index (Phi) is 1.73. The number of fused-ring (bicyclic) bond motifs is 1. The van der Waals surface area contributed by atoms with Crippen molar-refractivity contribution in [3.63, 3.8) is 0 Å². The third kappa shape index (κ3) is 1.06. The molecule has 2 aromatic rings. The van der Waals surface area contributed by atoms with Crippen molar-refractivity contribution < 1.29 is 0 Å². The van der Waals surface area contributed by atoms with Crippen LogP contribution in [-0.2, 0) is 0 Å². The second-order valence-electron chi connectivity index (χ2n) is 2.35. The SMILES string of the molecule is CSc1nc(C)nc2nccn12. The van der Waals surface area contributed by atoms with Gasteiger partial charge in [-0.15, -0.1) is 0 Å². The Labute approximate surface area is 74.1 Å². The molecule has 0 radical (unpaired) electrons. The Morgan fingerprint density at radius 3 is 3.00 bits per heavy atom. The van der Waals surface area contributed by atoms with E-state index in [0.29, 0.717) is 5.78 Å². The topological polar surface area (TPSA) is 43.1 Å². The Hall–Kier alpha value is -1.10. The van der Waals surface area contributed by atoms with Crippen LogP contribution in [-0.4, -0.2) is 25.6 Å². The summed E-state index contributed by atoms with van der Waals surface area (Å²) in [7, 11) is 0. The van der Waals surface area contributed by atoms with Gasteiger partial charge in [-0.3, -0.25) is 4.40 Å². The van der Waals surface area contributed by atoms with Crippen LogP contribution in [0.15, 0.2) is 17.6 Å². The van der Waals surface area contributed by atoms with Crippen LogP contribution in [0, 0.1) is 6.92 Å². The fraction of sp³-hybridized carbons (Fsp3) is 0.286. The van der Waals surface area contributed by atoms with E-state index in [2.05, 4.69) is 15.0 Å². The lowest BCUT2D eigenvalue weighted by Gasteiger charge is -2.00. The fourth-order valence-corrected chi connectivity index (χ4v) is 1.60. The zero-order valence-electron chi connectivity index (χ0n) is 6.85. The van der Waals surface area contributed by atoms with E-state index in [-0.39, 0.29) is 0 Å². The van der Waals surface area contributed by atoms with Crippen LogP contribution in [0.3, 0.4) is 0 Å². The summed E-state index contributed by atoms with van der Waals surface area (Å²) in [6, 6.07) is 0. The molecule has 0 fully saturated rings. The average molecular weight is 180 g/mol. The maximum atomic E-state index is 4.27. The molecular weight excluding hydrogens is 172 g/mol. The lowest BCUT2D eigenvalue weighted by Crippen LogP contribution is -1.98. The minimum atomic E-state index is 0.715. The number of imidazole rings is 1. The van der Waals surface area contributed by atoms with Gasteiger partial charge in [0.2, 0.25) is 5.78 Å². The number of hydrogen-bond donors (Lipinski definition) is 0. The van der Waals surface area contributed by atoms with Gasteiger partial charge >= 0.3 is 0 Å². The minimum Gasteiger partial charge on any atom is -0.263 e. The first-order chi connectivity index (χ1) is 5.81. The van der Waals surface area contributed by atoms with Gasteiger partial charge in [0.15, 0.2) is 5.16 Å². The number of hydrogen-bond acceptors (Lipinski definition) is 4. The largest absolute Gasteiger partial charge is 0.263 e. The van der Waals surface area contributed by atoms with Crippen LogP contribution < -0.4 is 0 Å². The molecule has 5 heteroatoms. The van der Waals surface area contributed by atoms with Gasteiger partial charge in [-0.25, -0.2) is 9.97 Å². The summed E-state index contributed by atoms with van der Waals surface area (Å²) < 4.78 is 1.87. The molecule has 2 rings (SSSR count). The van der Waals surface area contributed by atoms with Crippen molar-refractivity contribution in [2.45, 2.75) is 12.1 Å². The second kappa shape index (κ2) is 2.75. The molecule has 4 nitrogen and oxygen atoms in total. The molecule has 0 atom stereocenters. The monoisotopic (exact) mass is 180 g/mol. The molecular formula is C7H8N4S. The van der Waals surface area contributed by atoms with Crippen LogP contribution in [0.25, 0.3) is 5.78 Å². The van der Waals surface area contributed by atoms with E-state index in [1.54, 1.807) is 18.0 Å². The third-order valence-electron chi connectivity index (χ3n) is 1.53. The Morgan fingerprint density at radius 2 is 2.25 bits per heavy atom. The molecule has 0 aliphatic heterocycles. The second-order valence-corrected chi connectivity index (χ2v) is 3.13. The number of aryl methyl sites for hydroxylation is 1. The summed E-state index contributed by atoms with van der Waals surface area (Å²) in [4.78, 5) is 12.5. The van der Waals surface area contributed by atoms with Gasteiger partial charge in [-0.2, -0.15) is 4.98 Å². The summed E-state index contributed by atoms with van der Waals surface area (Å²) in [5.74, 6) is 1.48. The molecule has 0 aliphatic carbocycles. The summed E-state index contributed by atoms with van der Waals surface area (Å²) >= 11 is 1.59. The van der Waals surface area contributed by atoms with E-state index >= 15 is 0 Å². The first-order valence-corrected chi connectivity index (χ1v) is 4.75. The van der Waals surface area contributed by atoms with Gasteiger partial charge in [-0.1, -0.05) is 11.8 Å². The number of rotatable bonds is 1. The van der Waals surface area contributed by atoms with Gasteiger partial charge in [0, 0.05) is 12.4 Å². The normalized spacial score (nSPS) is 10.8. The molecule has 0 amide bonds. The van der Waals surface area contributed by atoms with Crippen molar-refractivity contribution in [2.24, 2.45) is 0 Å². The first-order valence-electron chi connectivity index (χ1n) is 3.53. The predicted molar refractivity (Wildman–Crippen MR) is 47.3 cm³/mol. The smallest absolute Gasteiger partial charge is 0.237 e. The van der Waals surface area contributed by atoms with Crippen LogP contribution in [0.5, 0.6) is 0 Å². The maximum Gasteiger partial charge on any atom is 0.237 e. The van der Waals surface area contributed by atoms with Crippen molar-refractivity contribution in [1.29, 1.82) is 0 Å². The standard InChI is InChI=1S/C7H8N4S/c1-5-9-6-8-3-4-11(6)7(10-5)12-2/h3-4H,1-2H3. The molecule has 0 saturated carbocycles. The van der Waals surface area contributed by atoms with Crippen LogP contribution in [0.2, 0.25) is 0 Å². The Balaban J connectivity index is 2.80. The van der Waals surface area contributed by atoms with E-state index in [9.17, 15) is 0 Å². The Morgan fingerprint density at radius 1 is 1.42 bits per heavy atom. The van der Waals surface area contributed by atoms with Crippen LogP contribution in [0.1, 0.15) is 5.82 Å². The van der Waals surface area contributed by atoms with Crippen molar-refractivity contribution in [3.8, 4) is 0 Å². The van der Waals surface area contributed by atoms with Gasteiger partial charge in [-0.05, 0) is 13.2 Å². The van der Waals surface area contributed by atoms with Crippen molar-refractivity contribution >= 4 is 17.5 Å². The molecule has 0 N–H and O–H groups in total.